The minimum absolute atomic E-state index is 0.155. The van der Waals surface area contributed by atoms with Gasteiger partial charge in [-0.1, -0.05) is 93.1 Å². The van der Waals surface area contributed by atoms with Crippen LogP contribution < -0.4 is 10.0 Å². The first-order valence-corrected chi connectivity index (χ1v) is 14.6. The van der Waals surface area contributed by atoms with Crippen LogP contribution in [0.25, 0.3) is 0 Å². The van der Waals surface area contributed by atoms with Crippen LogP contribution in [0.4, 0.5) is 0 Å². The number of sulfonamides is 1. The van der Waals surface area contributed by atoms with Gasteiger partial charge in [-0.15, -0.1) is 0 Å². The maximum atomic E-state index is 13.7. The molecule has 3 rings (SSSR count). The summed E-state index contributed by atoms with van der Waals surface area (Å²) in [5.74, 6) is -0.357. The van der Waals surface area contributed by atoms with Crippen LogP contribution in [0.5, 0.6) is 0 Å². The van der Waals surface area contributed by atoms with E-state index in [0.29, 0.717) is 26.1 Å². The smallest absolute Gasteiger partial charge is 0.247 e. The molecule has 3 aromatic rings. The first kappa shape index (κ1) is 29.1. The van der Waals surface area contributed by atoms with Crippen molar-refractivity contribution in [3.63, 3.8) is 0 Å². The van der Waals surface area contributed by atoms with Gasteiger partial charge in [-0.05, 0) is 41.7 Å². The van der Waals surface area contributed by atoms with Gasteiger partial charge in [0.1, 0.15) is 6.04 Å². The summed E-state index contributed by atoms with van der Waals surface area (Å²) in [5, 5.41) is 3.01. The van der Waals surface area contributed by atoms with Gasteiger partial charge >= 0.3 is 0 Å². The summed E-state index contributed by atoms with van der Waals surface area (Å²) in [5.41, 5.74) is 2.53. The van der Waals surface area contributed by atoms with Crippen molar-refractivity contribution in [1.82, 2.24) is 14.9 Å². The Hall–Kier alpha value is -3.49. The topological polar surface area (TPSA) is 95.6 Å². The number of nitrogens with one attached hydrogen (secondary N) is 2. The molecule has 0 saturated heterocycles. The molecular weight excluding hydrogens is 498 g/mol. The van der Waals surface area contributed by atoms with Crippen molar-refractivity contribution < 1.29 is 18.0 Å². The van der Waals surface area contributed by atoms with Crippen LogP contribution in [0.3, 0.4) is 0 Å². The van der Waals surface area contributed by atoms with E-state index in [1.54, 1.807) is 36.1 Å². The molecule has 0 aliphatic carbocycles. The standard InChI is InChI=1S/C30H37N3O4S/c1-3-5-22-31-30(35)29(26-14-10-7-11-15-26)33(23-25-12-8-6-9-13-25)28(34)21-18-24-16-19-27(20-17-24)38(36,37)32-4-2/h6-17,19-20,29,32H,3-5,18,21-23H2,1-2H3,(H,31,35)/t29-/m1/s1. The normalized spacial score (nSPS) is 12.1. The van der Waals surface area contributed by atoms with Crippen LogP contribution in [-0.4, -0.2) is 38.2 Å². The highest BCUT2D eigenvalue weighted by molar-refractivity contribution is 7.89. The average Bonchev–Trinajstić information content (AvgIpc) is 2.93. The number of carbonyl (C=O) groups is 2. The summed E-state index contributed by atoms with van der Waals surface area (Å²) >= 11 is 0. The van der Waals surface area contributed by atoms with Gasteiger partial charge in [0.15, 0.2) is 0 Å². The van der Waals surface area contributed by atoms with Crippen LogP contribution in [-0.2, 0) is 32.6 Å². The number of rotatable bonds is 14. The Kier molecular flexibility index (Phi) is 11.1. The van der Waals surface area contributed by atoms with Gasteiger partial charge in [0.2, 0.25) is 21.8 Å². The number of amides is 2. The van der Waals surface area contributed by atoms with Crippen molar-refractivity contribution in [2.75, 3.05) is 13.1 Å². The van der Waals surface area contributed by atoms with E-state index in [0.717, 1.165) is 29.5 Å². The fraction of sp³-hybridized carbons (Fsp3) is 0.333. The lowest BCUT2D eigenvalue weighted by Crippen LogP contribution is -2.43. The molecule has 0 aliphatic heterocycles. The average molecular weight is 536 g/mol. The van der Waals surface area contributed by atoms with E-state index >= 15 is 0 Å². The molecule has 3 aromatic carbocycles. The predicted octanol–water partition coefficient (Wildman–Crippen LogP) is 4.60. The number of carbonyl (C=O) groups excluding carboxylic acids is 2. The van der Waals surface area contributed by atoms with E-state index in [-0.39, 0.29) is 23.1 Å². The lowest BCUT2D eigenvalue weighted by molar-refractivity contribution is -0.141. The number of aryl methyl sites for hydroxylation is 1. The number of nitrogens with zero attached hydrogens (tertiary/aromatic N) is 1. The second kappa shape index (κ2) is 14.4. The molecule has 7 nitrogen and oxygen atoms in total. The Morgan fingerprint density at radius 3 is 2.08 bits per heavy atom. The third-order valence-electron chi connectivity index (χ3n) is 6.22. The highest BCUT2D eigenvalue weighted by Crippen LogP contribution is 2.25. The molecule has 0 unspecified atom stereocenters. The molecule has 0 bridgehead atoms. The van der Waals surface area contributed by atoms with E-state index in [1.165, 1.54) is 0 Å². The Balaban J connectivity index is 1.85. The van der Waals surface area contributed by atoms with E-state index in [9.17, 15) is 18.0 Å². The molecule has 0 aromatic heterocycles. The molecule has 0 aliphatic rings. The van der Waals surface area contributed by atoms with Gasteiger partial charge in [0.05, 0.1) is 4.90 Å². The zero-order valence-corrected chi connectivity index (χ0v) is 22.9. The van der Waals surface area contributed by atoms with Crippen LogP contribution in [0, 0.1) is 0 Å². The van der Waals surface area contributed by atoms with E-state index in [1.807, 2.05) is 60.7 Å². The molecule has 2 N–H and O–H groups in total. The van der Waals surface area contributed by atoms with Crippen molar-refractivity contribution in [1.29, 1.82) is 0 Å². The van der Waals surface area contributed by atoms with E-state index in [4.69, 9.17) is 0 Å². The van der Waals surface area contributed by atoms with Crippen molar-refractivity contribution in [3.05, 3.63) is 102 Å². The fourth-order valence-electron chi connectivity index (χ4n) is 4.20. The zero-order valence-electron chi connectivity index (χ0n) is 22.1. The van der Waals surface area contributed by atoms with Gasteiger partial charge in [-0.25, -0.2) is 13.1 Å². The van der Waals surface area contributed by atoms with Gasteiger partial charge in [-0.3, -0.25) is 9.59 Å². The van der Waals surface area contributed by atoms with E-state index < -0.39 is 16.1 Å². The Labute approximate surface area is 226 Å². The van der Waals surface area contributed by atoms with Crippen molar-refractivity contribution >= 4 is 21.8 Å². The van der Waals surface area contributed by atoms with Gasteiger partial charge in [0, 0.05) is 26.1 Å². The van der Waals surface area contributed by atoms with Gasteiger partial charge in [0.25, 0.3) is 0 Å². The summed E-state index contributed by atoms with van der Waals surface area (Å²) in [6, 6.07) is 24.8. The SMILES string of the molecule is CCCCNC(=O)[C@@H](c1ccccc1)N(Cc1ccccc1)C(=O)CCc1ccc(S(=O)(=O)NCC)cc1. The molecule has 0 heterocycles. The number of hydrogen-bond acceptors (Lipinski definition) is 4. The first-order chi connectivity index (χ1) is 18.4. The third-order valence-corrected chi connectivity index (χ3v) is 7.78. The lowest BCUT2D eigenvalue weighted by atomic mass is 10.0. The summed E-state index contributed by atoms with van der Waals surface area (Å²) in [4.78, 5) is 29.0. The van der Waals surface area contributed by atoms with Crippen LogP contribution in [0.2, 0.25) is 0 Å². The van der Waals surface area contributed by atoms with Crippen LogP contribution in [0.1, 0.15) is 55.8 Å². The molecule has 0 radical (unpaired) electrons. The first-order valence-electron chi connectivity index (χ1n) is 13.1. The summed E-state index contributed by atoms with van der Waals surface area (Å²) in [7, 11) is -3.54. The Bertz CT molecular complexity index is 1260. The second-order valence-corrected chi connectivity index (χ2v) is 10.9. The summed E-state index contributed by atoms with van der Waals surface area (Å²) in [6.07, 6.45) is 2.42. The monoisotopic (exact) mass is 535 g/mol. The van der Waals surface area contributed by atoms with Crippen molar-refractivity contribution in [2.24, 2.45) is 0 Å². The fourth-order valence-corrected chi connectivity index (χ4v) is 5.24. The minimum Gasteiger partial charge on any atom is -0.354 e. The minimum atomic E-state index is -3.54. The summed E-state index contributed by atoms with van der Waals surface area (Å²) in [6.45, 7) is 4.94. The largest absolute Gasteiger partial charge is 0.354 e. The quantitative estimate of drug-likeness (QED) is 0.295. The molecule has 8 heteroatoms. The molecule has 202 valence electrons. The summed E-state index contributed by atoms with van der Waals surface area (Å²) < 4.78 is 26.9. The lowest BCUT2D eigenvalue weighted by Gasteiger charge is -2.32. The molecule has 0 spiro atoms. The van der Waals surface area contributed by atoms with Gasteiger partial charge < -0.3 is 10.2 Å². The number of unbranched alkanes of at least 4 members (excludes halogenated alkanes) is 1. The highest BCUT2D eigenvalue weighted by Gasteiger charge is 2.31. The Morgan fingerprint density at radius 2 is 1.47 bits per heavy atom. The molecule has 2 amide bonds. The Morgan fingerprint density at radius 1 is 0.842 bits per heavy atom. The maximum Gasteiger partial charge on any atom is 0.247 e. The predicted molar refractivity (Wildman–Crippen MR) is 150 cm³/mol. The van der Waals surface area contributed by atoms with Crippen molar-refractivity contribution in [2.45, 2.75) is 57.0 Å². The molecule has 1 atom stereocenters. The van der Waals surface area contributed by atoms with Crippen LogP contribution in [0.15, 0.2) is 89.8 Å². The van der Waals surface area contributed by atoms with Crippen LogP contribution >= 0.6 is 0 Å². The molecule has 0 saturated carbocycles. The molecular formula is C30H37N3O4S. The molecule has 38 heavy (non-hydrogen) atoms. The number of hydrogen-bond donors (Lipinski definition) is 2. The third kappa shape index (κ3) is 8.26. The van der Waals surface area contributed by atoms with Gasteiger partial charge in [-0.2, -0.15) is 0 Å². The number of benzene rings is 3. The maximum absolute atomic E-state index is 13.7. The second-order valence-electron chi connectivity index (χ2n) is 9.11. The highest BCUT2D eigenvalue weighted by atomic mass is 32.2. The molecule has 0 fully saturated rings. The van der Waals surface area contributed by atoms with E-state index in [2.05, 4.69) is 17.0 Å². The zero-order chi connectivity index (χ0) is 27.4. The van der Waals surface area contributed by atoms with Crippen molar-refractivity contribution in [3.8, 4) is 0 Å².